The van der Waals surface area contributed by atoms with Crippen LogP contribution in [0.3, 0.4) is 0 Å². The predicted molar refractivity (Wildman–Crippen MR) is 168 cm³/mol. The fraction of sp³-hybridized carbons (Fsp3) is 0.500. The topological polar surface area (TPSA) is 99.9 Å². The number of alkyl halides is 3. The van der Waals surface area contributed by atoms with Crippen LogP contribution in [0.4, 0.5) is 33.6 Å². The van der Waals surface area contributed by atoms with Gasteiger partial charge in [0.2, 0.25) is 11.9 Å². The van der Waals surface area contributed by atoms with Crippen LogP contribution in [0.2, 0.25) is 0 Å². The first-order valence-corrected chi connectivity index (χ1v) is 16.0. The van der Waals surface area contributed by atoms with Crippen molar-refractivity contribution in [2.45, 2.75) is 57.8 Å². The van der Waals surface area contributed by atoms with E-state index < -0.39 is 46.7 Å². The third-order valence-electron chi connectivity index (χ3n) is 9.42. The van der Waals surface area contributed by atoms with E-state index in [1.165, 1.54) is 18.3 Å². The Hall–Kier alpha value is -4.04. The molecular weight excluding hydrogens is 637 g/mol. The zero-order chi connectivity index (χ0) is 34.8. The molecule has 0 aliphatic carbocycles. The lowest BCUT2D eigenvalue weighted by atomic mass is 9.88. The molecule has 14 heteroatoms. The summed E-state index contributed by atoms with van der Waals surface area (Å²) in [5, 5.41) is 12.8. The molecule has 0 saturated carbocycles. The molecule has 2 aliphatic rings. The van der Waals surface area contributed by atoms with Crippen molar-refractivity contribution in [2.75, 3.05) is 49.6 Å². The molecule has 2 N–H and O–H groups in total. The highest BCUT2D eigenvalue weighted by atomic mass is 19.4. The molecule has 48 heavy (non-hydrogen) atoms. The van der Waals surface area contributed by atoms with E-state index in [1.54, 1.807) is 31.5 Å². The summed E-state index contributed by atoms with van der Waals surface area (Å²) in [4.78, 5) is 34.1. The van der Waals surface area contributed by atoms with Crippen LogP contribution in [-0.2, 0) is 27.0 Å². The molecule has 9 nitrogen and oxygen atoms in total. The van der Waals surface area contributed by atoms with E-state index in [4.69, 9.17) is 4.74 Å². The number of esters is 1. The van der Waals surface area contributed by atoms with Crippen molar-refractivity contribution in [1.29, 1.82) is 0 Å². The van der Waals surface area contributed by atoms with Crippen molar-refractivity contribution in [3.05, 3.63) is 77.1 Å². The van der Waals surface area contributed by atoms with E-state index in [1.807, 2.05) is 9.80 Å². The second kappa shape index (κ2) is 14.2. The minimum atomic E-state index is -4.56. The van der Waals surface area contributed by atoms with Crippen LogP contribution in [0.5, 0.6) is 0 Å². The van der Waals surface area contributed by atoms with Crippen molar-refractivity contribution in [2.24, 2.45) is 11.8 Å². The van der Waals surface area contributed by atoms with Crippen LogP contribution < -0.4 is 10.2 Å². The molecule has 2 atom stereocenters. The van der Waals surface area contributed by atoms with Crippen LogP contribution in [0.15, 0.2) is 48.8 Å². The van der Waals surface area contributed by atoms with Crippen LogP contribution in [0.1, 0.15) is 56.2 Å². The number of nitrogens with one attached hydrogen (secondary N) is 1. The quantitative estimate of drug-likeness (QED) is 0.218. The highest BCUT2D eigenvalue weighted by molar-refractivity contribution is 5.92. The first-order valence-electron chi connectivity index (χ1n) is 16.0. The molecule has 2 saturated heterocycles. The molecule has 1 aromatic heterocycles. The summed E-state index contributed by atoms with van der Waals surface area (Å²) in [5.41, 5.74) is -0.427. The van der Waals surface area contributed by atoms with Crippen molar-refractivity contribution >= 4 is 23.5 Å². The van der Waals surface area contributed by atoms with Crippen molar-refractivity contribution in [3.63, 3.8) is 0 Å². The zero-order valence-corrected chi connectivity index (χ0v) is 27.1. The summed E-state index contributed by atoms with van der Waals surface area (Å²) in [5.74, 6) is -3.92. The zero-order valence-electron chi connectivity index (χ0n) is 27.1. The maximum atomic E-state index is 15.0. The third-order valence-corrected chi connectivity index (χ3v) is 9.42. The van der Waals surface area contributed by atoms with Gasteiger partial charge in [-0.05, 0) is 62.9 Å². The molecule has 3 heterocycles. The lowest BCUT2D eigenvalue weighted by molar-refractivity contribution is -0.148. The maximum Gasteiger partial charge on any atom is 0.416 e. The Kier molecular flexibility index (Phi) is 10.4. The highest BCUT2D eigenvalue weighted by Gasteiger charge is 2.44. The Morgan fingerprint density at radius 3 is 2.44 bits per heavy atom. The van der Waals surface area contributed by atoms with E-state index >= 15 is 0 Å². The molecule has 0 spiro atoms. The molecule has 2 aliphatic heterocycles. The smallest absolute Gasteiger partial charge is 0.416 e. The standard InChI is InChI=1S/C34H40F5N5O4/c1-4-48-31(47)21-9-12-42(13-10-21)29-15-23(34(37,38)39)6-5-22(29)17-43-14-11-40-32(43)41-30(46)27-19-44(33(2,3)20-45)18-26(27)25-8-7-24(35)16-28(25)36/h5-8,11,14-16,21,26-27,45H,4,9-10,12-13,17-20H2,1-3H3,(H,40,41,46)/t26-,27+/m0/s1. The maximum absolute atomic E-state index is 15.0. The fourth-order valence-electron chi connectivity index (χ4n) is 6.51. The van der Waals surface area contributed by atoms with Gasteiger partial charge in [0.25, 0.3) is 0 Å². The minimum Gasteiger partial charge on any atom is -0.466 e. The molecule has 1 amide bonds. The number of anilines is 2. The number of halogens is 5. The van der Waals surface area contributed by atoms with Gasteiger partial charge in [-0.2, -0.15) is 13.2 Å². The number of benzene rings is 2. The van der Waals surface area contributed by atoms with Crippen LogP contribution >= 0.6 is 0 Å². The minimum absolute atomic E-state index is 0.0746. The van der Waals surface area contributed by atoms with Crippen molar-refractivity contribution in [1.82, 2.24) is 14.5 Å². The Morgan fingerprint density at radius 1 is 1.06 bits per heavy atom. The van der Waals surface area contributed by atoms with Gasteiger partial charge in [-0.25, -0.2) is 13.8 Å². The normalized spacial score (nSPS) is 19.5. The number of aliphatic hydroxyl groups excluding tert-OH is 1. The first-order chi connectivity index (χ1) is 22.7. The Morgan fingerprint density at radius 2 is 1.79 bits per heavy atom. The van der Waals surface area contributed by atoms with Gasteiger partial charge < -0.3 is 19.3 Å². The van der Waals surface area contributed by atoms with Crippen LogP contribution in [0.25, 0.3) is 0 Å². The number of aromatic nitrogens is 2. The van der Waals surface area contributed by atoms with Gasteiger partial charge in [-0.15, -0.1) is 0 Å². The SMILES string of the molecule is CCOC(=O)C1CCN(c2cc(C(F)(F)F)ccc2Cn2ccnc2NC(=O)[C@@H]2CN(C(C)(C)CO)C[C@H]2c2ccc(F)cc2F)CC1. The number of ether oxygens (including phenoxy) is 1. The van der Waals surface area contributed by atoms with Crippen LogP contribution in [0, 0.1) is 23.5 Å². The van der Waals surface area contributed by atoms with Crippen molar-refractivity contribution < 1.29 is 41.4 Å². The monoisotopic (exact) mass is 677 g/mol. The molecule has 0 unspecified atom stereocenters. The average Bonchev–Trinajstić information content (AvgIpc) is 3.69. The summed E-state index contributed by atoms with van der Waals surface area (Å²) < 4.78 is 76.8. The molecule has 0 radical (unpaired) electrons. The van der Waals surface area contributed by atoms with Gasteiger partial charge in [0.15, 0.2) is 0 Å². The molecule has 5 rings (SSSR count). The number of hydrogen-bond acceptors (Lipinski definition) is 7. The second-order valence-electron chi connectivity index (χ2n) is 13.0. The largest absolute Gasteiger partial charge is 0.466 e. The number of piperidine rings is 1. The number of nitrogens with zero attached hydrogens (tertiary/aromatic N) is 4. The van der Waals surface area contributed by atoms with Crippen LogP contribution in [-0.4, -0.2) is 76.4 Å². The van der Waals surface area contributed by atoms with E-state index in [-0.39, 0.29) is 56.2 Å². The van der Waals surface area contributed by atoms with Gasteiger partial charge in [0.05, 0.1) is 37.2 Å². The Balaban J connectivity index is 1.39. The van der Waals surface area contributed by atoms with E-state index in [0.29, 0.717) is 37.2 Å². The van der Waals surface area contributed by atoms with Gasteiger partial charge in [-0.1, -0.05) is 12.1 Å². The predicted octanol–water partition coefficient (Wildman–Crippen LogP) is 5.43. The number of carbonyl (C=O) groups excluding carboxylic acids is 2. The number of likely N-dealkylation sites (tertiary alicyclic amines) is 1. The van der Waals surface area contributed by atoms with E-state index in [2.05, 4.69) is 10.3 Å². The molecule has 260 valence electrons. The van der Waals surface area contributed by atoms with Gasteiger partial charge in [0.1, 0.15) is 11.6 Å². The Bertz CT molecular complexity index is 1620. The number of rotatable bonds is 10. The lowest BCUT2D eigenvalue weighted by Crippen LogP contribution is -2.46. The van der Waals surface area contributed by atoms with Gasteiger partial charge in [0, 0.05) is 61.8 Å². The van der Waals surface area contributed by atoms with Crippen molar-refractivity contribution in [3.8, 4) is 0 Å². The van der Waals surface area contributed by atoms with Gasteiger partial charge in [-0.3, -0.25) is 19.8 Å². The number of hydrogen-bond donors (Lipinski definition) is 2. The second-order valence-corrected chi connectivity index (χ2v) is 13.0. The summed E-state index contributed by atoms with van der Waals surface area (Å²) >= 11 is 0. The number of carbonyl (C=O) groups is 2. The summed E-state index contributed by atoms with van der Waals surface area (Å²) in [6, 6.07) is 6.76. The van der Waals surface area contributed by atoms with Gasteiger partial charge >= 0.3 is 12.1 Å². The summed E-state index contributed by atoms with van der Waals surface area (Å²) in [6.07, 6.45) is -0.649. The highest BCUT2D eigenvalue weighted by Crippen LogP contribution is 2.39. The Labute approximate surface area is 275 Å². The summed E-state index contributed by atoms with van der Waals surface area (Å²) in [7, 11) is 0. The number of aliphatic hydroxyl groups is 1. The molecule has 2 aromatic carbocycles. The number of imidazole rings is 1. The fourth-order valence-corrected chi connectivity index (χ4v) is 6.51. The van der Waals surface area contributed by atoms with E-state index in [9.17, 15) is 36.6 Å². The lowest BCUT2D eigenvalue weighted by Gasteiger charge is -2.34. The number of amides is 1. The molecule has 3 aromatic rings. The first kappa shape index (κ1) is 35.3. The molecule has 2 fully saturated rings. The van der Waals surface area contributed by atoms with E-state index in [0.717, 1.165) is 24.3 Å². The summed E-state index contributed by atoms with van der Waals surface area (Å²) in [6.45, 7) is 6.59. The molecular formula is C34H40F5N5O4. The third kappa shape index (κ3) is 7.64. The average molecular weight is 678 g/mol. The molecule has 0 bridgehead atoms.